The van der Waals surface area contributed by atoms with Crippen LogP contribution in [0.1, 0.15) is 16.7 Å². The Kier molecular flexibility index (Phi) is 2.90. The molecule has 0 radical (unpaired) electrons. The summed E-state index contributed by atoms with van der Waals surface area (Å²) in [6.45, 7) is 3.80. The molecule has 2 rings (SSSR count). The van der Waals surface area contributed by atoms with Crippen LogP contribution in [0.2, 0.25) is 0 Å². The van der Waals surface area contributed by atoms with Crippen molar-refractivity contribution in [3.8, 4) is 5.75 Å². The molecule has 1 heterocycles. The van der Waals surface area contributed by atoms with E-state index in [1.807, 2.05) is 6.92 Å². The molecule has 0 atom stereocenters. The van der Waals surface area contributed by atoms with E-state index in [9.17, 15) is 9.90 Å². The molecular formula is C13H14O4. The van der Waals surface area contributed by atoms with Crippen LogP contribution in [0.25, 0.3) is 11.0 Å². The zero-order chi connectivity index (χ0) is 12.6. The third kappa shape index (κ3) is 1.80. The van der Waals surface area contributed by atoms with E-state index in [-0.39, 0.29) is 12.4 Å². The molecule has 0 saturated heterocycles. The molecule has 1 N–H and O–H groups in total. The SMILES string of the molecule is COCc1c(C)c2ccc(O)c(C)c2oc1=O. The van der Waals surface area contributed by atoms with Gasteiger partial charge >= 0.3 is 5.63 Å². The fraction of sp³-hybridized carbons (Fsp3) is 0.308. The van der Waals surface area contributed by atoms with Gasteiger partial charge in [-0.15, -0.1) is 0 Å². The van der Waals surface area contributed by atoms with Crippen LogP contribution in [-0.4, -0.2) is 12.2 Å². The summed E-state index contributed by atoms with van der Waals surface area (Å²) < 4.78 is 10.2. The quantitative estimate of drug-likeness (QED) is 0.810. The Morgan fingerprint density at radius 2 is 2.00 bits per heavy atom. The van der Waals surface area contributed by atoms with Gasteiger partial charge in [0.05, 0.1) is 12.2 Å². The summed E-state index contributed by atoms with van der Waals surface area (Å²) in [4.78, 5) is 11.8. The summed E-state index contributed by atoms with van der Waals surface area (Å²) in [5, 5.41) is 10.4. The Hall–Kier alpha value is -1.81. The fourth-order valence-electron chi connectivity index (χ4n) is 1.89. The molecule has 1 aromatic heterocycles. The lowest BCUT2D eigenvalue weighted by molar-refractivity contribution is 0.181. The van der Waals surface area contributed by atoms with Crippen molar-refractivity contribution in [1.29, 1.82) is 0 Å². The van der Waals surface area contributed by atoms with Crippen molar-refractivity contribution in [1.82, 2.24) is 0 Å². The van der Waals surface area contributed by atoms with Crippen molar-refractivity contribution < 1.29 is 14.3 Å². The number of phenolic OH excluding ortho intramolecular Hbond substituents is 1. The minimum atomic E-state index is -0.412. The molecule has 4 nitrogen and oxygen atoms in total. The van der Waals surface area contributed by atoms with Crippen LogP contribution < -0.4 is 5.63 Å². The number of methoxy groups -OCH3 is 1. The van der Waals surface area contributed by atoms with E-state index in [0.29, 0.717) is 16.7 Å². The summed E-state index contributed by atoms with van der Waals surface area (Å²) in [7, 11) is 1.53. The van der Waals surface area contributed by atoms with Gasteiger partial charge in [0, 0.05) is 18.1 Å². The average Bonchev–Trinajstić information content (AvgIpc) is 2.30. The molecule has 0 aliphatic carbocycles. The Balaban J connectivity index is 2.86. The molecule has 0 aliphatic rings. The lowest BCUT2D eigenvalue weighted by atomic mass is 10.0. The topological polar surface area (TPSA) is 59.7 Å². The number of phenols is 1. The summed E-state index contributed by atoms with van der Waals surface area (Å²) in [6.07, 6.45) is 0. The van der Waals surface area contributed by atoms with Crippen molar-refractivity contribution in [2.75, 3.05) is 7.11 Å². The number of hydrogen-bond donors (Lipinski definition) is 1. The maximum Gasteiger partial charge on any atom is 0.342 e. The largest absolute Gasteiger partial charge is 0.508 e. The van der Waals surface area contributed by atoms with E-state index in [1.165, 1.54) is 7.11 Å². The predicted octanol–water partition coefficient (Wildman–Crippen LogP) is 2.26. The number of hydrogen-bond acceptors (Lipinski definition) is 4. The van der Waals surface area contributed by atoms with E-state index >= 15 is 0 Å². The maximum absolute atomic E-state index is 11.8. The third-order valence-corrected chi connectivity index (χ3v) is 2.96. The molecule has 1 aromatic carbocycles. The fourth-order valence-corrected chi connectivity index (χ4v) is 1.89. The minimum Gasteiger partial charge on any atom is -0.508 e. The summed E-state index contributed by atoms with van der Waals surface area (Å²) in [5.74, 6) is 0.125. The highest BCUT2D eigenvalue weighted by molar-refractivity contribution is 5.85. The molecule has 0 saturated carbocycles. The van der Waals surface area contributed by atoms with E-state index in [2.05, 4.69) is 0 Å². The molecule has 2 aromatic rings. The molecule has 0 amide bonds. The first-order valence-corrected chi connectivity index (χ1v) is 5.30. The van der Waals surface area contributed by atoms with Gasteiger partial charge in [-0.2, -0.15) is 0 Å². The predicted molar refractivity (Wildman–Crippen MR) is 64.3 cm³/mol. The zero-order valence-corrected chi connectivity index (χ0v) is 10.0. The van der Waals surface area contributed by atoms with Crippen LogP contribution in [0, 0.1) is 13.8 Å². The number of ether oxygens (including phenoxy) is 1. The number of benzene rings is 1. The molecule has 0 unspecified atom stereocenters. The van der Waals surface area contributed by atoms with Crippen molar-refractivity contribution in [2.24, 2.45) is 0 Å². The smallest absolute Gasteiger partial charge is 0.342 e. The normalized spacial score (nSPS) is 11.0. The third-order valence-electron chi connectivity index (χ3n) is 2.96. The van der Waals surface area contributed by atoms with E-state index in [1.54, 1.807) is 19.1 Å². The molecule has 4 heteroatoms. The second kappa shape index (κ2) is 4.22. The Morgan fingerprint density at radius 3 is 2.65 bits per heavy atom. The van der Waals surface area contributed by atoms with Gasteiger partial charge in [-0.1, -0.05) is 0 Å². The van der Waals surface area contributed by atoms with Gasteiger partial charge in [-0.3, -0.25) is 0 Å². The second-order valence-electron chi connectivity index (χ2n) is 4.01. The average molecular weight is 234 g/mol. The Bertz CT molecular complexity index is 625. The van der Waals surface area contributed by atoms with Crippen LogP contribution >= 0.6 is 0 Å². The highest BCUT2D eigenvalue weighted by Crippen LogP contribution is 2.28. The van der Waals surface area contributed by atoms with Crippen LogP contribution in [0.5, 0.6) is 5.75 Å². The highest BCUT2D eigenvalue weighted by atomic mass is 16.5. The first kappa shape index (κ1) is 11.7. The van der Waals surface area contributed by atoms with Crippen LogP contribution in [0.4, 0.5) is 0 Å². The van der Waals surface area contributed by atoms with Crippen molar-refractivity contribution in [3.63, 3.8) is 0 Å². The monoisotopic (exact) mass is 234 g/mol. The van der Waals surface area contributed by atoms with Gasteiger partial charge in [0.15, 0.2) is 0 Å². The lowest BCUT2D eigenvalue weighted by Crippen LogP contribution is -2.11. The molecule has 0 bridgehead atoms. The Labute approximate surface area is 98.4 Å². The van der Waals surface area contributed by atoms with Crippen LogP contribution in [0.15, 0.2) is 21.3 Å². The van der Waals surface area contributed by atoms with E-state index in [4.69, 9.17) is 9.15 Å². The first-order valence-electron chi connectivity index (χ1n) is 5.30. The van der Waals surface area contributed by atoms with Gasteiger partial charge in [0.2, 0.25) is 0 Å². The van der Waals surface area contributed by atoms with Gasteiger partial charge in [0.25, 0.3) is 0 Å². The number of rotatable bonds is 2. The van der Waals surface area contributed by atoms with Crippen molar-refractivity contribution in [2.45, 2.75) is 20.5 Å². The van der Waals surface area contributed by atoms with Gasteiger partial charge in [0.1, 0.15) is 11.3 Å². The molecule has 0 spiro atoms. The molecule has 90 valence electrons. The van der Waals surface area contributed by atoms with E-state index < -0.39 is 5.63 Å². The van der Waals surface area contributed by atoms with E-state index in [0.717, 1.165) is 10.9 Å². The summed E-state index contributed by atoms with van der Waals surface area (Å²) in [6, 6.07) is 3.34. The van der Waals surface area contributed by atoms with Crippen LogP contribution in [0.3, 0.4) is 0 Å². The molecule has 0 fully saturated rings. The van der Waals surface area contributed by atoms with Gasteiger partial charge < -0.3 is 14.3 Å². The standard InChI is InChI=1S/C13H14O4/c1-7-9-4-5-11(14)8(2)12(9)17-13(15)10(7)6-16-3/h4-5,14H,6H2,1-3H3. The molecular weight excluding hydrogens is 220 g/mol. The van der Waals surface area contributed by atoms with Crippen molar-refractivity contribution in [3.05, 3.63) is 39.2 Å². The maximum atomic E-state index is 11.8. The first-order chi connectivity index (χ1) is 8.06. The number of fused-ring (bicyclic) bond motifs is 1. The zero-order valence-electron chi connectivity index (χ0n) is 10.0. The lowest BCUT2D eigenvalue weighted by Gasteiger charge is -2.09. The number of aromatic hydroxyl groups is 1. The summed E-state index contributed by atoms with van der Waals surface area (Å²) in [5.41, 5.74) is 1.95. The molecule has 0 aliphatic heterocycles. The number of aryl methyl sites for hydroxylation is 2. The highest BCUT2D eigenvalue weighted by Gasteiger charge is 2.13. The summed E-state index contributed by atoms with van der Waals surface area (Å²) >= 11 is 0. The second-order valence-corrected chi connectivity index (χ2v) is 4.01. The minimum absolute atomic E-state index is 0.125. The van der Waals surface area contributed by atoms with Crippen molar-refractivity contribution >= 4 is 11.0 Å². The van der Waals surface area contributed by atoms with Gasteiger partial charge in [-0.05, 0) is 31.5 Å². The molecule has 17 heavy (non-hydrogen) atoms. The van der Waals surface area contributed by atoms with Crippen LogP contribution in [-0.2, 0) is 11.3 Å². The Morgan fingerprint density at radius 1 is 1.29 bits per heavy atom. The van der Waals surface area contributed by atoms with Gasteiger partial charge in [-0.25, -0.2) is 4.79 Å².